The molecule has 1 fully saturated rings. The van der Waals surface area contributed by atoms with Gasteiger partial charge in [-0.2, -0.15) is 8.78 Å². The smallest absolute Gasteiger partial charge is 0.341 e. The number of piperazine rings is 1. The van der Waals surface area contributed by atoms with Gasteiger partial charge in [0.1, 0.15) is 6.04 Å². The topological polar surface area (TPSA) is 83.7 Å². The van der Waals surface area contributed by atoms with Gasteiger partial charge in [0.25, 0.3) is 0 Å². The summed E-state index contributed by atoms with van der Waals surface area (Å²) in [5.74, 6) is -3.85. The van der Waals surface area contributed by atoms with Gasteiger partial charge in [-0.1, -0.05) is 30.3 Å². The molecule has 1 heterocycles. The summed E-state index contributed by atoms with van der Waals surface area (Å²) in [7, 11) is -4.60. The van der Waals surface area contributed by atoms with Gasteiger partial charge in [0.15, 0.2) is 0 Å². The molecule has 1 unspecified atom stereocenters. The molecule has 0 aromatic heterocycles. The molecule has 2 aromatic carbocycles. The van der Waals surface area contributed by atoms with Gasteiger partial charge in [0.2, 0.25) is 15.7 Å². The second-order valence-corrected chi connectivity index (χ2v) is 8.46. The number of benzene rings is 2. The Balaban J connectivity index is 1.69. The summed E-state index contributed by atoms with van der Waals surface area (Å²) in [5, 5.41) is 0. The van der Waals surface area contributed by atoms with Crippen LogP contribution in [0, 0.1) is 0 Å². The summed E-state index contributed by atoms with van der Waals surface area (Å²) in [6.45, 7) is 2.36. The zero-order chi connectivity index (χ0) is 20.3. The number of alkyl halides is 2. The highest BCUT2D eigenvalue weighted by Gasteiger charge is 2.30. The maximum Gasteiger partial charge on any atom is 0.341 e. The molecule has 3 rings (SSSR count). The van der Waals surface area contributed by atoms with E-state index in [9.17, 15) is 22.0 Å². The minimum Gasteiger partial charge on any atom is -0.369 e. The molecule has 2 aromatic rings. The predicted molar refractivity (Wildman–Crippen MR) is 102 cm³/mol. The zero-order valence-electron chi connectivity index (χ0n) is 15.0. The lowest BCUT2D eigenvalue weighted by molar-refractivity contribution is -0.123. The van der Waals surface area contributed by atoms with Crippen molar-refractivity contribution >= 4 is 21.4 Å². The Kier molecular flexibility index (Phi) is 5.95. The largest absolute Gasteiger partial charge is 0.369 e. The van der Waals surface area contributed by atoms with Crippen molar-refractivity contribution in [3.63, 3.8) is 0 Å². The number of primary amides is 1. The van der Waals surface area contributed by atoms with Gasteiger partial charge in [0.05, 0.1) is 4.90 Å². The van der Waals surface area contributed by atoms with Crippen LogP contribution in [0.5, 0.6) is 0 Å². The Hall–Kier alpha value is -2.52. The third-order valence-electron chi connectivity index (χ3n) is 4.83. The lowest BCUT2D eigenvalue weighted by Crippen LogP contribution is -2.50. The number of nitrogens with two attached hydrogens (primary N) is 1. The number of hydrogen-bond donors (Lipinski definition) is 1. The standard InChI is InChI=1S/C19H21F2N3O3S/c20-19(21)28(26,27)16-8-6-15(7-9-16)23-10-12-24(13-11-23)17(18(22)25)14-4-2-1-3-5-14/h1-9,17,19H,10-13H2,(H2,22,25). The second kappa shape index (κ2) is 8.24. The van der Waals surface area contributed by atoms with Crippen molar-refractivity contribution in [1.82, 2.24) is 4.90 Å². The summed E-state index contributed by atoms with van der Waals surface area (Å²) in [6.07, 6.45) is 0. The molecule has 150 valence electrons. The molecule has 1 atom stereocenters. The van der Waals surface area contributed by atoms with E-state index in [-0.39, 0.29) is 0 Å². The molecule has 1 aliphatic rings. The lowest BCUT2D eigenvalue weighted by atomic mass is 10.0. The maximum absolute atomic E-state index is 12.6. The molecule has 0 spiro atoms. The molecule has 2 N–H and O–H groups in total. The molecule has 0 aliphatic carbocycles. The quantitative estimate of drug-likeness (QED) is 0.789. The summed E-state index contributed by atoms with van der Waals surface area (Å²) in [4.78, 5) is 15.6. The molecule has 1 saturated heterocycles. The molecule has 9 heteroatoms. The number of nitrogens with zero attached hydrogens (tertiary/aromatic N) is 2. The van der Waals surface area contributed by atoms with Gasteiger partial charge < -0.3 is 10.6 Å². The van der Waals surface area contributed by atoms with Crippen LogP contribution in [0.3, 0.4) is 0 Å². The Bertz CT molecular complexity index is 913. The van der Waals surface area contributed by atoms with Gasteiger partial charge in [0, 0.05) is 31.9 Å². The summed E-state index contributed by atoms with van der Waals surface area (Å²) in [6, 6.07) is 14.2. The molecule has 0 bridgehead atoms. The number of anilines is 1. The van der Waals surface area contributed by atoms with Crippen LogP contribution in [0.25, 0.3) is 0 Å². The number of sulfone groups is 1. The Labute approximate surface area is 162 Å². The molecular weight excluding hydrogens is 388 g/mol. The summed E-state index contributed by atoms with van der Waals surface area (Å²) >= 11 is 0. The third kappa shape index (κ3) is 4.15. The molecular formula is C19H21F2N3O3S. The van der Waals surface area contributed by atoms with E-state index in [2.05, 4.69) is 0 Å². The van der Waals surface area contributed by atoms with E-state index in [0.29, 0.717) is 26.2 Å². The van der Waals surface area contributed by atoms with Crippen LogP contribution >= 0.6 is 0 Å². The first-order chi connectivity index (χ1) is 13.3. The molecule has 28 heavy (non-hydrogen) atoms. The fourth-order valence-corrected chi connectivity index (χ4v) is 4.10. The lowest BCUT2D eigenvalue weighted by Gasteiger charge is -2.39. The van der Waals surface area contributed by atoms with Crippen LogP contribution in [0.2, 0.25) is 0 Å². The first-order valence-corrected chi connectivity index (χ1v) is 10.3. The first kappa shape index (κ1) is 20.2. The van der Waals surface area contributed by atoms with Crippen LogP contribution in [-0.2, 0) is 14.6 Å². The van der Waals surface area contributed by atoms with Crippen molar-refractivity contribution in [3.05, 3.63) is 60.2 Å². The summed E-state index contributed by atoms with van der Waals surface area (Å²) in [5.41, 5.74) is 7.19. The highest BCUT2D eigenvalue weighted by molar-refractivity contribution is 7.91. The number of carbonyl (C=O) groups excluding carboxylic acids is 1. The van der Waals surface area contributed by atoms with Gasteiger partial charge in [-0.25, -0.2) is 8.42 Å². The number of hydrogen-bond acceptors (Lipinski definition) is 5. The van der Waals surface area contributed by atoms with E-state index in [0.717, 1.165) is 11.3 Å². The van der Waals surface area contributed by atoms with E-state index in [1.807, 2.05) is 40.1 Å². The van der Waals surface area contributed by atoms with E-state index in [4.69, 9.17) is 5.73 Å². The van der Waals surface area contributed by atoms with E-state index in [1.54, 1.807) is 0 Å². The number of rotatable bonds is 6. The van der Waals surface area contributed by atoms with Crippen LogP contribution in [0.15, 0.2) is 59.5 Å². The van der Waals surface area contributed by atoms with Crippen molar-refractivity contribution in [1.29, 1.82) is 0 Å². The molecule has 0 saturated carbocycles. The van der Waals surface area contributed by atoms with Gasteiger partial charge >= 0.3 is 5.76 Å². The van der Waals surface area contributed by atoms with Crippen LogP contribution in [0.4, 0.5) is 14.5 Å². The van der Waals surface area contributed by atoms with Crippen LogP contribution in [-0.4, -0.2) is 51.2 Å². The van der Waals surface area contributed by atoms with Gasteiger partial charge in [-0.05, 0) is 29.8 Å². The van der Waals surface area contributed by atoms with Crippen molar-refractivity contribution in [3.8, 4) is 0 Å². The Morgan fingerprint density at radius 2 is 1.50 bits per heavy atom. The second-order valence-electron chi connectivity index (χ2n) is 6.54. The van der Waals surface area contributed by atoms with Crippen LogP contribution in [0.1, 0.15) is 11.6 Å². The predicted octanol–water partition coefficient (Wildman–Crippen LogP) is 2.03. The molecule has 1 amide bonds. The SMILES string of the molecule is NC(=O)C(c1ccccc1)N1CCN(c2ccc(S(=O)(=O)C(F)F)cc2)CC1. The van der Waals surface area contributed by atoms with Crippen LogP contribution < -0.4 is 10.6 Å². The van der Waals surface area contributed by atoms with Crippen molar-refractivity contribution in [2.75, 3.05) is 31.1 Å². The third-order valence-corrected chi connectivity index (χ3v) is 6.23. The van der Waals surface area contributed by atoms with Gasteiger partial charge in [-0.15, -0.1) is 0 Å². The number of amides is 1. The average molecular weight is 409 g/mol. The normalized spacial score (nSPS) is 16.9. The monoisotopic (exact) mass is 409 g/mol. The van der Waals surface area contributed by atoms with E-state index >= 15 is 0 Å². The molecule has 0 radical (unpaired) electrons. The fraction of sp³-hybridized carbons (Fsp3) is 0.316. The fourth-order valence-electron chi connectivity index (χ4n) is 3.38. The van der Waals surface area contributed by atoms with Crippen molar-refractivity contribution in [2.45, 2.75) is 16.7 Å². The number of carbonyl (C=O) groups is 1. The minimum atomic E-state index is -4.60. The maximum atomic E-state index is 12.6. The van der Waals surface area contributed by atoms with Gasteiger partial charge in [-0.3, -0.25) is 9.69 Å². The zero-order valence-corrected chi connectivity index (χ0v) is 15.9. The average Bonchev–Trinajstić information content (AvgIpc) is 2.69. The van der Waals surface area contributed by atoms with Crippen molar-refractivity contribution in [2.24, 2.45) is 5.73 Å². The first-order valence-electron chi connectivity index (χ1n) is 8.76. The van der Waals surface area contributed by atoms with Crippen molar-refractivity contribution < 1.29 is 22.0 Å². The molecule has 6 nitrogen and oxygen atoms in total. The number of halogens is 2. The highest BCUT2D eigenvalue weighted by atomic mass is 32.2. The van der Waals surface area contributed by atoms with E-state index in [1.165, 1.54) is 24.3 Å². The Morgan fingerprint density at radius 3 is 2.00 bits per heavy atom. The highest BCUT2D eigenvalue weighted by Crippen LogP contribution is 2.26. The van der Waals surface area contributed by atoms with E-state index < -0.39 is 32.4 Å². The Morgan fingerprint density at radius 1 is 0.929 bits per heavy atom. The summed E-state index contributed by atoms with van der Waals surface area (Å²) < 4.78 is 48.3. The minimum absolute atomic E-state index is 0.400. The molecule has 1 aliphatic heterocycles.